The van der Waals surface area contributed by atoms with E-state index >= 15 is 0 Å². The van der Waals surface area contributed by atoms with E-state index in [0.29, 0.717) is 45.3 Å². The van der Waals surface area contributed by atoms with Gasteiger partial charge in [0.2, 0.25) is 0 Å². The number of amides is 1. The molecule has 11 heteroatoms. The molecule has 172 valence electrons. The zero-order valence-electron chi connectivity index (χ0n) is 17.6. The molecular formula is C20H29F3N6O2. The Morgan fingerprint density at radius 2 is 2.03 bits per heavy atom. The quantitative estimate of drug-likeness (QED) is 0.397. The van der Waals surface area contributed by atoms with Crippen LogP contribution in [0.2, 0.25) is 0 Å². The highest BCUT2D eigenvalue weighted by Crippen LogP contribution is 2.33. The first-order valence-electron chi connectivity index (χ1n) is 10.6. The standard InChI is InChI=1S/C20H29F3N6O2/c1-2-24-19(27-9-8-26-17-15(20(21,22)23)5-3-7-25-17)29-12-10-28(11-13-29)18(30)16-6-4-14-31-16/h3,5,7,16H,2,4,6,8-14H2,1H3,(H,24,27)(H,25,26). The molecule has 0 aliphatic carbocycles. The number of halogens is 3. The molecule has 0 bridgehead atoms. The number of piperazine rings is 1. The van der Waals surface area contributed by atoms with Gasteiger partial charge in [-0.15, -0.1) is 0 Å². The van der Waals surface area contributed by atoms with Crippen LogP contribution in [0, 0.1) is 0 Å². The van der Waals surface area contributed by atoms with Gasteiger partial charge in [0.25, 0.3) is 5.91 Å². The van der Waals surface area contributed by atoms with E-state index in [1.54, 1.807) is 0 Å². The van der Waals surface area contributed by atoms with Gasteiger partial charge >= 0.3 is 6.18 Å². The van der Waals surface area contributed by atoms with Gasteiger partial charge in [0.1, 0.15) is 11.9 Å². The van der Waals surface area contributed by atoms with E-state index in [-0.39, 0.29) is 30.9 Å². The molecule has 0 spiro atoms. The highest BCUT2D eigenvalue weighted by molar-refractivity contribution is 5.82. The third kappa shape index (κ3) is 6.22. The van der Waals surface area contributed by atoms with Crippen LogP contribution in [0.1, 0.15) is 25.3 Å². The van der Waals surface area contributed by atoms with Gasteiger partial charge in [-0.3, -0.25) is 9.79 Å². The number of anilines is 1. The van der Waals surface area contributed by atoms with Crippen LogP contribution in [0.25, 0.3) is 0 Å². The number of pyridine rings is 1. The van der Waals surface area contributed by atoms with E-state index in [4.69, 9.17) is 4.74 Å². The van der Waals surface area contributed by atoms with E-state index < -0.39 is 11.7 Å². The molecule has 2 N–H and O–H groups in total. The maximum atomic E-state index is 13.1. The molecule has 1 unspecified atom stereocenters. The second-order valence-electron chi connectivity index (χ2n) is 7.37. The van der Waals surface area contributed by atoms with Gasteiger partial charge in [-0.05, 0) is 31.9 Å². The van der Waals surface area contributed by atoms with Crippen LogP contribution in [0.3, 0.4) is 0 Å². The number of carbonyl (C=O) groups excluding carboxylic acids is 1. The fraction of sp³-hybridized carbons (Fsp3) is 0.650. The summed E-state index contributed by atoms with van der Waals surface area (Å²) in [5.41, 5.74) is -0.794. The summed E-state index contributed by atoms with van der Waals surface area (Å²) < 4.78 is 44.7. The van der Waals surface area contributed by atoms with Crippen molar-refractivity contribution in [2.45, 2.75) is 32.0 Å². The normalized spacial score (nSPS) is 20.1. The van der Waals surface area contributed by atoms with Crippen molar-refractivity contribution < 1.29 is 22.7 Å². The number of nitrogens with zero attached hydrogens (tertiary/aromatic N) is 4. The lowest BCUT2D eigenvalue weighted by molar-refractivity contribution is -0.142. The summed E-state index contributed by atoms with van der Waals surface area (Å²) in [7, 11) is 0. The number of hydrogen-bond acceptors (Lipinski definition) is 5. The predicted molar refractivity (Wildman–Crippen MR) is 111 cm³/mol. The van der Waals surface area contributed by atoms with Gasteiger partial charge in [-0.2, -0.15) is 13.2 Å². The molecule has 8 nitrogen and oxygen atoms in total. The van der Waals surface area contributed by atoms with Crippen molar-refractivity contribution in [2.75, 3.05) is 57.7 Å². The Hall–Kier alpha value is -2.56. The molecular weight excluding hydrogens is 413 g/mol. The molecule has 2 fully saturated rings. The van der Waals surface area contributed by atoms with Crippen LogP contribution >= 0.6 is 0 Å². The summed E-state index contributed by atoms with van der Waals surface area (Å²) in [5.74, 6) is 0.543. The van der Waals surface area contributed by atoms with Crippen molar-refractivity contribution in [2.24, 2.45) is 4.99 Å². The number of aromatic nitrogens is 1. The predicted octanol–water partition coefficient (Wildman–Crippen LogP) is 1.80. The Bertz CT molecular complexity index is 760. The van der Waals surface area contributed by atoms with Crippen molar-refractivity contribution >= 4 is 17.7 Å². The second-order valence-corrected chi connectivity index (χ2v) is 7.37. The van der Waals surface area contributed by atoms with E-state index in [1.165, 1.54) is 12.3 Å². The van der Waals surface area contributed by atoms with Crippen LogP contribution in [0.15, 0.2) is 23.3 Å². The smallest absolute Gasteiger partial charge is 0.368 e. The number of ether oxygens (including phenoxy) is 1. The number of alkyl halides is 3. The molecule has 0 radical (unpaired) electrons. The first-order valence-corrected chi connectivity index (χ1v) is 10.6. The molecule has 1 aromatic rings. The average molecular weight is 442 g/mol. The van der Waals surface area contributed by atoms with Crippen LogP contribution < -0.4 is 10.6 Å². The van der Waals surface area contributed by atoms with E-state index in [0.717, 1.165) is 18.9 Å². The maximum Gasteiger partial charge on any atom is 0.419 e. The number of hydrogen-bond donors (Lipinski definition) is 2. The fourth-order valence-corrected chi connectivity index (χ4v) is 3.65. The monoisotopic (exact) mass is 442 g/mol. The zero-order valence-corrected chi connectivity index (χ0v) is 17.6. The first kappa shape index (κ1) is 23.1. The SMILES string of the molecule is CCNC(=NCCNc1ncccc1C(F)(F)F)N1CCN(C(=O)C2CCCO2)CC1. The summed E-state index contributed by atoms with van der Waals surface area (Å²) in [4.78, 5) is 24.7. The van der Waals surface area contributed by atoms with Crippen LogP contribution in [0.5, 0.6) is 0 Å². The van der Waals surface area contributed by atoms with Crippen molar-refractivity contribution in [3.05, 3.63) is 23.9 Å². The Morgan fingerprint density at radius 3 is 2.68 bits per heavy atom. The number of guanidine groups is 1. The first-order chi connectivity index (χ1) is 14.9. The van der Waals surface area contributed by atoms with E-state index in [9.17, 15) is 18.0 Å². The van der Waals surface area contributed by atoms with Crippen LogP contribution in [-0.2, 0) is 15.7 Å². The molecule has 2 saturated heterocycles. The summed E-state index contributed by atoms with van der Waals surface area (Å²) >= 11 is 0. The van der Waals surface area contributed by atoms with Crippen molar-refractivity contribution in [3.63, 3.8) is 0 Å². The highest BCUT2D eigenvalue weighted by atomic mass is 19.4. The topological polar surface area (TPSA) is 82.1 Å². The molecule has 1 aromatic heterocycles. The van der Waals surface area contributed by atoms with E-state index in [2.05, 4.69) is 25.5 Å². The van der Waals surface area contributed by atoms with Crippen molar-refractivity contribution in [1.82, 2.24) is 20.1 Å². The molecule has 0 saturated carbocycles. The lowest BCUT2D eigenvalue weighted by Gasteiger charge is -2.37. The fourth-order valence-electron chi connectivity index (χ4n) is 3.65. The molecule has 31 heavy (non-hydrogen) atoms. The summed E-state index contributed by atoms with van der Waals surface area (Å²) in [6, 6.07) is 2.26. The summed E-state index contributed by atoms with van der Waals surface area (Å²) in [6.45, 7) is 6.21. The maximum absolute atomic E-state index is 13.1. The van der Waals surface area contributed by atoms with Crippen molar-refractivity contribution in [1.29, 1.82) is 0 Å². The summed E-state index contributed by atoms with van der Waals surface area (Å²) in [6.07, 6.45) is -1.75. The third-order valence-electron chi connectivity index (χ3n) is 5.21. The Labute approximate surface area is 179 Å². The highest BCUT2D eigenvalue weighted by Gasteiger charge is 2.34. The van der Waals surface area contributed by atoms with Gasteiger partial charge in [0, 0.05) is 52.1 Å². The Kier molecular flexibility index (Phi) is 7.94. The number of rotatable bonds is 6. The minimum atomic E-state index is -4.46. The largest absolute Gasteiger partial charge is 0.419 e. The van der Waals surface area contributed by atoms with Crippen LogP contribution in [0.4, 0.5) is 19.0 Å². The average Bonchev–Trinajstić information content (AvgIpc) is 3.30. The molecule has 3 heterocycles. The number of nitrogens with one attached hydrogen (secondary N) is 2. The van der Waals surface area contributed by atoms with Gasteiger partial charge in [-0.1, -0.05) is 0 Å². The van der Waals surface area contributed by atoms with E-state index in [1.807, 2.05) is 11.8 Å². The minimum Gasteiger partial charge on any atom is -0.368 e. The van der Waals surface area contributed by atoms with Crippen LogP contribution in [-0.4, -0.2) is 85.2 Å². The van der Waals surface area contributed by atoms with Gasteiger partial charge in [0.15, 0.2) is 5.96 Å². The molecule has 2 aliphatic rings. The number of carbonyl (C=O) groups is 1. The third-order valence-corrected chi connectivity index (χ3v) is 5.21. The minimum absolute atomic E-state index is 0.0547. The zero-order chi connectivity index (χ0) is 22.3. The molecule has 0 aromatic carbocycles. The van der Waals surface area contributed by atoms with Gasteiger partial charge < -0.3 is 25.2 Å². The van der Waals surface area contributed by atoms with Gasteiger partial charge in [0.05, 0.1) is 12.1 Å². The molecule has 1 amide bonds. The second kappa shape index (κ2) is 10.7. The lowest BCUT2D eigenvalue weighted by Crippen LogP contribution is -2.55. The van der Waals surface area contributed by atoms with Crippen molar-refractivity contribution in [3.8, 4) is 0 Å². The summed E-state index contributed by atoms with van der Waals surface area (Å²) in [5, 5.41) is 5.93. The number of aliphatic imine (C=N–C) groups is 1. The lowest BCUT2D eigenvalue weighted by atomic mass is 10.2. The molecule has 3 rings (SSSR count). The Morgan fingerprint density at radius 1 is 1.29 bits per heavy atom. The van der Waals surface area contributed by atoms with Gasteiger partial charge in [-0.25, -0.2) is 4.98 Å². The molecule has 2 aliphatic heterocycles. The Balaban J connectivity index is 1.51. The molecule has 1 atom stereocenters.